The first-order valence-electron chi connectivity index (χ1n) is 6.67. The molecule has 0 amide bonds. The van der Waals surface area contributed by atoms with Crippen molar-refractivity contribution in [1.82, 2.24) is 10.2 Å². The molecule has 1 heterocycles. The van der Waals surface area contributed by atoms with Crippen molar-refractivity contribution in [3.63, 3.8) is 0 Å². The Labute approximate surface area is 99.5 Å². The zero-order chi connectivity index (χ0) is 11.5. The van der Waals surface area contributed by atoms with E-state index in [0.29, 0.717) is 6.04 Å². The number of nitrogens with one attached hydrogen (secondary N) is 1. The minimum Gasteiger partial charge on any atom is -0.381 e. The van der Waals surface area contributed by atoms with Crippen LogP contribution in [-0.4, -0.2) is 50.3 Å². The van der Waals surface area contributed by atoms with Gasteiger partial charge in [0, 0.05) is 24.7 Å². The summed E-state index contributed by atoms with van der Waals surface area (Å²) in [5, 5.41) is 3.80. The van der Waals surface area contributed by atoms with Crippen molar-refractivity contribution in [2.75, 3.05) is 27.3 Å². The van der Waals surface area contributed by atoms with Gasteiger partial charge in [-0.2, -0.15) is 0 Å². The first-order valence-corrected chi connectivity index (χ1v) is 6.67. The molecule has 4 unspecified atom stereocenters. The molecule has 3 nitrogen and oxygen atoms in total. The predicted octanol–water partition coefficient (Wildman–Crippen LogP) is 1.48. The number of hydrogen-bond acceptors (Lipinski definition) is 3. The smallest absolute Gasteiger partial charge is 0.0509 e. The Morgan fingerprint density at radius 2 is 2.06 bits per heavy atom. The van der Waals surface area contributed by atoms with Gasteiger partial charge in [-0.05, 0) is 52.6 Å². The molecule has 1 saturated carbocycles. The lowest BCUT2D eigenvalue weighted by atomic mass is 9.99. The summed E-state index contributed by atoms with van der Waals surface area (Å²) in [6, 6.07) is 2.13. The Kier molecular flexibility index (Phi) is 4.22. The van der Waals surface area contributed by atoms with Gasteiger partial charge in [-0.25, -0.2) is 0 Å². The zero-order valence-electron chi connectivity index (χ0n) is 10.9. The zero-order valence-corrected chi connectivity index (χ0v) is 10.9. The fraction of sp³-hybridized carbons (Fsp3) is 1.00. The molecule has 0 radical (unpaired) electrons. The molecule has 0 bridgehead atoms. The topological polar surface area (TPSA) is 24.5 Å². The van der Waals surface area contributed by atoms with E-state index in [1.165, 1.54) is 25.7 Å². The molecule has 0 aromatic rings. The van der Waals surface area contributed by atoms with Gasteiger partial charge in [0.25, 0.3) is 0 Å². The fourth-order valence-electron chi connectivity index (χ4n) is 3.03. The van der Waals surface area contributed by atoms with Crippen molar-refractivity contribution in [1.29, 1.82) is 0 Å². The Hall–Kier alpha value is -0.120. The predicted molar refractivity (Wildman–Crippen MR) is 66.6 cm³/mol. The summed E-state index contributed by atoms with van der Waals surface area (Å²) in [6.07, 6.45) is 5.22. The standard InChI is InChI=1S/C13H26N2O/c1-10(11-6-7-16-9-11)14-12-4-5-13(8-12)15(2)3/h10-14H,4-9H2,1-3H3. The summed E-state index contributed by atoms with van der Waals surface area (Å²) >= 11 is 0. The van der Waals surface area contributed by atoms with Gasteiger partial charge in [-0.1, -0.05) is 0 Å². The van der Waals surface area contributed by atoms with E-state index >= 15 is 0 Å². The average molecular weight is 226 g/mol. The van der Waals surface area contributed by atoms with E-state index < -0.39 is 0 Å². The van der Waals surface area contributed by atoms with Crippen molar-refractivity contribution in [3.05, 3.63) is 0 Å². The molecule has 1 N–H and O–H groups in total. The Balaban J connectivity index is 1.73. The third-order valence-corrected chi connectivity index (χ3v) is 4.31. The quantitative estimate of drug-likeness (QED) is 0.786. The Morgan fingerprint density at radius 3 is 2.62 bits per heavy atom. The maximum Gasteiger partial charge on any atom is 0.0509 e. The molecule has 0 aromatic heterocycles. The molecule has 4 atom stereocenters. The summed E-state index contributed by atoms with van der Waals surface area (Å²) < 4.78 is 5.45. The maximum atomic E-state index is 5.45. The molecule has 1 aliphatic heterocycles. The van der Waals surface area contributed by atoms with Crippen LogP contribution >= 0.6 is 0 Å². The molecule has 2 aliphatic rings. The van der Waals surface area contributed by atoms with Gasteiger partial charge in [0.05, 0.1) is 6.61 Å². The summed E-state index contributed by atoms with van der Waals surface area (Å²) in [5.41, 5.74) is 0. The van der Waals surface area contributed by atoms with Crippen molar-refractivity contribution < 1.29 is 4.74 Å². The minimum absolute atomic E-state index is 0.619. The normalized spacial score (nSPS) is 37.1. The first kappa shape index (κ1) is 12.3. The van der Waals surface area contributed by atoms with Crippen LogP contribution in [0.25, 0.3) is 0 Å². The molecule has 1 aliphatic carbocycles. The molecule has 2 fully saturated rings. The first-order chi connectivity index (χ1) is 7.66. The highest BCUT2D eigenvalue weighted by atomic mass is 16.5. The van der Waals surface area contributed by atoms with Crippen LogP contribution in [0.15, 0.2) is 0 Å². The Bertz CT molecular complexity index is 214. The highest BCUT2D eigenvalue weighted by Crippen LogP contribution is 2.24. The molecular formula is C13H26N2O. The van der Waals surface area contributed by atoms with Gasteiger partial charge in [0.2, 0.25) is 0 Å². The molecule has 94 valence electrons. The summed E-state index contributed by atoms with van der Waals surface area (Å²) in [4.78, 5) is 2.37. The lowest BCUT2D eigenvalue weighted by Crippen LogP contribution is -2.40. The minimum atomic E-state index is 0.619. The SMILES string of the molecule is CC(NC1CCC(N(C)C)C1)C1CCOC1. The monoisotopic (exact) mass is 226 g/mol. The second-order valence-electron chi connectivity index (χ2n) is 5.71. The van der Waals surface area contributed by atoms with E-state index in [-0.39, 0.29) is 0 Å². The van der Waals surface area contributed by atoms with Gasteiger partial charge < -0.3 is 15.0 Å². The lowest BCUT2D eigenvalue weighted by molar-refractivity contribution is 0.176. The van der Waals surface area contributed by atoms with Crippen molar-refractivity contribution in [2.24, 2.45) is 5.92 Å². The van der Waals surface area contributed by atoms with E-state index in [2.05, 4.69) is 31.2 Å². The second kappa shape index (κ2) is 5.48. The molecule has 3 heteroatoms. The van der Waals surface area contributed by atoms with Crippen molar-refractivity contribution >= 4 is 0 Å². The van der Waals surface area contributed by atoms with Crippen LogP contribution in [0, 0.1) is 5.92 Å². The summed E-state index contributed by atoms with van der Waals surface area (Å²) in [6.45, 7) is 4.24. The molecule has 2 rings (SSSR count). The maximum absolute atomic E-state index is 5.45. The summed E-state index contributed by atoms with van der Waals surface area (Å²) in [7, 11) is 4.39. The molecular weight excluding hydrogens is 200 g/mol. The van der Waals surface area contributed by atoms with Crippen LogP contribution in [0.2, 0.25) is 0 Å². The third kappa shape index (κ3) is 2.96. The highest BCUT2D eigenvalue weighted by Gasteiger charge is 2.29. The van der Waals surface area contributed by atoms with E-state index in [9.17, 15) is 0 Å². The van der Waals surface area contributed by atoms with Gasteiger partial charge in [0.15, 0.2) is 0 Å². The van der Waals surface area contributed by atoms with Crippen molar-refractivity contribution in [3.8, 4) is 0 Å². The van der Waals surface area contributed by atoms with Crippen LogP contribution in [-0.2, 0) is 4.74 Å². The van der Waals surface area contributed by atoms with E-state index in [4.69, 9.17) is 4.74 Å². The number of ether oxygens (including phenoxy) is 1. The second-order valence-corrected chi connectivity index (χ2v) is 5.71. The third-order valence-electron chi connectivity index (χ3n) is 4.31. The summed E-state index contributed by atoms with van der Waals surface area (Å²) in [5.74, 6) is 0.735. The lowest BCUT2D eigenvalue weighted by Gasteiger charge is -2.24. The Morgan fingerprint density at radius 1 is 1.25 bits per heavy atom. The van der Waals surface area contributed by atoms with Crippen LogP contribution in [0.5, 0.6) is 0 Å². The van der Waals surface area contributed by atoms with Gasteiger partial charge in [-0.15, -0.1) is 0 Å². The fourth-order valence-corrected chi connectivity index (χ4v) is 3.03. The van der Waals surface area contributed by atoms with Gasteiger partial charge in [0.1, 0.15) is 0 Å². The molecule has 0 aromatic carbocycles. The van der Waals surface area contributed by atoms with Gasteiger partial charge in [-0.3, -0.25) is 0 Å². The molecule has 16 heavy (non-hydrogen) atoms. The van der Waals surface area contributed by atoms with Crippen LogP contribution in [0.1, 0.15) is 32.6 Å². The van der Waals surface area contributed by atoms with E-state index in [1.807, 2.05) is 0 Å². The number of hydrogen-bond donors (Lipinski definition) is 1. The van der Waals surface area contributed by atoms with E-state index in [1.54, 1.807) is 0 Å². The number of rotatable bonds is 4. The van der Waals surface area contributed by atoms with Crippen LogP contribution in [0.3, 0.4) is 0 Å². The highest BCUT2D eigenvalue weighted by molar-refractivity contribution is 4.88. The van der Waals surface area contributed by atoms with Crippen LogP contribution < -0.4 is 5.32 Å². The number of nitrogens with zero attached hydrogens (tertiary/aromatic N) is 1. The van der Waals surface area contributed by atoms with Gasteiger partial charge >= 0.3 is 0 Å². The van der Waals surface area contributed by atoms with E-state index in [0.717, 1.165) is 31.2 Å². The van der Waals surface area contributed by atoms with Crippen molar-refractivity contribution in [2.45, 2.75) is 50.7 Å². The molecule has 1 saturated heterocycles. The molecule has 0 spiro atoms. The van der Waals surface area contributed by atoms with Crippen LogP contribution in [0.4, 0.5) is 0 Å². The largest absolute Gasteiger partial charge is 0.381 e. The average Bonchev–Trinajstić information content (AvgIpc) is 2.87.